The minimum Gasteiger partial charge on any atom is -0.496 e. The SMILES string of the molecule is COc1ccccc1P(CC1(CP(c2ccccc2OC)c2ccccc2OC)CC(O)C2(CCCCC2)C(O)C1)c1ccccc1OC. The fraction of sp³-hybridized carbons (Fsp3) is 0.415. The standard InChI is InChI=1S/C41H50O6P2/c1-44-30-16-6-10-20-34(30)48(35-21-11-7-17-31(35)45-2)28-40(26-38(42)41(39(43)27-40)24-14-5-15-25-41)29-49(36-22-12-8-18-32(36)46-3)37-23-13-9-19-33(37)47-4/h6-13,16-23,38-39,42-43H,5,14-15,24-29H2,1-4H3. The zero-order valence-electron chi connectivity index (χ0n) is 29.2. The van der Waals surface area contributed by atoms with Crippen LogP contribution in [0.3, 0.4) is 0 Å². The zero-order valence-corrected chi connectivity index (χ0v) is 31.0. The van der Waals surface area contributed by atoms with Crippen molar-refractivity contribution in [2.45, 2.75) is 57.2 Å². The fourth-order valence-electron chi connectivity index (χ4n) is 8.40. The first kappa shape index (κ1) is 35.7. The third-order valence-electron chi connectivity index (χ3n) is 10.9. The maximum Gasteiger partial charge on any atom is 0.126 e. The van der Waals surface area contributed by atoms with E-state index >= 15 is 0 Å². The van der Waals surface area contributed by atoms with E-state index in [0.29, 0.717) is 12.8 Å². The van der Waals surface area contributed by atoms with Crippen LogP contribution in [0, 0.1) is 10.8 Å². The summed E-state index contributed by atoms with van der Waals surface area (Å²) >= 11 is 0. The normalized spacial score (nSPS) is 19.9. The van der Waals surface area contributed by atoms with Crippen LogP contribution in [0.1, 0.15) is 44.9 Å². The second kappa shape index (κ2) is 15.8. The zero-order chi connectivity index (χ0) is 34.4. The summed E-state index contributed by atoms with van der Waals surface area (Å²) in [6, 6.07) is 33.2. The molecule has 0 heterocycles. The lowest BCUT2D eigenvalue weighted by Crippen LogP contribution is -2.57. The van der Waals surface area contributed by atoms with Crippen molar-refractivity contribution >= 4 is 37.1 Å². The number of methoxy groups -OCH3 is 4. The van der Waals surface area contributed by atoms with Crippen LogP contribution in [-0.4, -0.2) is 63.2 Å². The monoisotopic (exact) mass is 700 g/mol. The number of aliphatic hydroxyl groups excluding tert-OH is 2. The van der Waals surface area contributed by atoms with Crippen LogP contribution in [0.5, 0.6) is 23.0 Å². The smallest absolute Gasteiger partial charge is 0.126 e. The molecular weight excluding hydrogens is 650 g/mol. The van der Waals surface area contributed by atoms with Crippen molar-refractivity contribution in [2.24, 2.45) is 10.8 Å². The summed E-state index contributed by atoms with van der Waals surface area (Å²) in [5.74, 6) is 3.36. The number of hydrogen-bond acceptors (Lipinski definition) is 6. The Bertz CT molecular complexity index is 1480. The van der Waals surface area contributed by atoms with Crippen LogP contribution in [0.25, 0.3) is 0 Å². The van der Waals surface area contributed by atoms with Gasteiger partial charge < -0.3 is 29.2 Å². The Morgan fingerprint density at radius 2 is 0.816 bits per heavy atom. The first-order valence-corrected chi connectivity index (χ1v) is 20.4. The highest BCUT2D eigenvalue weighted by atomic mass is 31.1. The second-order valence-corrected chi connectivity index (χ2v) is 17.9. The molecule has 2 N–H and O–H groups in total. The summed E-state index contributed by atoms with van der Waals surface area (Å²) in [6.45, 7) is 0. The molecule has 2 saturated carbocycles. The Labute approximate surface area is 294 Å². The Balaban J connectivity index is 1.55. The van der Waals surface area contributed by atoms with Crippen molar-refractivity contribution in [1.29, 1.82) is 0 Å². The largest absolute Gasteiger partial charge is 0.496 e. The van der Waals surface area contributed by atoms with Gasteiger partial charge in [0.1, 0.15) is 23.0 Å². The summed E-state index contributed by atoms with van der Waals surface area (Å²) in [5, 5.41) is 29.2. The Kier molecular flexibility index (Phi) is 11.5. The van der Waals surface area contributed by atoms with E-state index in [1.165, 1.54) is 0 Å². The lowest BCUT2D eigenvalue weighted by Gasteiger charge is -2.55. The minimum atomic E-state index is -1.06. The molecule has 1 spiro atoms. The van der Waals surface area contributed by atoms with Gasteiger partial charge in [-0.2, -0.15) is 0 Å². The Hall–Kier alpha value is -3.14. The van der Waals surface area contributed by atoms with Crippen molar-refractivity contribution in [3.05, 3.63) is 97.1 Å². The first-order valence-electron chi connectivity index (χ1n) is 17.3. The van der Waals surface area contributed by atoms with E-state index in [2.05, 4.69) is 48.5 Å². The molecule has 0 aromatic heterocycles. The van der Waals surface area contributed by atoms with Gasteiger partial charge in [-0.3, -0.25) is 0 Å². The van der Waals surface area contributed by atoms with Gasteiger partial charge in [0, 0.05) is 26.6 Å². The van der Waals surface area contributed by atoms with E-state index in [4.69, 9.17) is 18.9 Å². The third kappa shape index (κ3) is 7.22. The quantitative estimate of drug-likeness (QED) is 0.160. The Morgan fingerprint density at radius 3 is 1.12 bits per heavy atom. The van der Waals surface area contributed by atoms with E-state index in [-0.39, 0.29) is 0 Å². The number of aliphatic hydroxyl groups is 2. The molecule has 260 valence electrons. The molecule has 0 radical (unpaired) electrons. The van der Waals surface area contributed by atoms with E-state index < -0.39 is 38.9 Å². The molecule has 2 unspecified atom stereocenters. The molecule has 49 heavy (non-hydrogen) atoms. The van der Waals surface area contributed by atoms with Gasteiger partial charge >= 0.3 is 0 Å². The van der Waals surface area contributed by atoms with E-state index in [1.54, 1.807) is 28.4 Å². The third-order valence-corrected chi connectivity index (χ3v) is 16.6. The van der Waals surface area contributed by atoms with Crippen molar-refractivity contribution in [2.75, 3.05) is 40.8 Å². The summed E-state index contributed by atoms with van der Waals surface area (Å²) in [4.78, 5) is 0. The van der Waals surface area contributed by atoms with Crippen LogP contribution in [0.4, 0.5) is 0 Å². The molecule has 0 saturated heterocycles. The molecule has 8 heteroatoms. The second-order valence-electron chi connectivity index (χ2n) is 13.6. The summed E-state index contributed by atoms with van der Waals surface area (Å²) in [7, 11) is 4.80. The molecule has 2 aliphatic carbocycles. The average Bonchev–Trinajstić information content (AvgIpc) is 3.15. The molecule has 0 aliphatic heterocycles. The van der Waals surface area contributed by atoms with Crippen molar-refractivity contribution < 1.29 is 29.2 Å². The van der Waals surface area contributed by atoms with E-state index in [9.17, 15) is 10.2 Å². The van der Waals surface area contributed by atoms with Crippen LogP contribution >= 0.6 is 15.8 Å². The highest BCUT2D eigenvalue weighted by Crippen LogP contribution is 2.60. The number of hydrogen-bond donors (Lipinski definition) is 2. The van der Waals surface area contributed by atoms with Gasteiger partial charge in [-0.25, -0.2) is 0 Å². The number of ether oxygens (including phenoxy) is 4. The molecule has 4 aromatic carbocycles. The topological polar surface area (TPSA) is 77.4 Å². The number of benzene rings is 4. The summed E-state index contributed by atoms with van der Waals surface area (Å²) < 4.78 is 24.0. The van der Waals surface area contributed by atoms with Crippen molar-refractivity contribution in [3.8, 4) is 23.0 Å². The van der Waals surface area contributed by atoms with Crippen LogP contribution in [-0.2, 0) is 0 Å². The van der Waals surface area contributed by atoms with Crippen LogP contribution in [0.15, 0.2) is 97.1 Å². The van der Waals surface area contributed by atoms with Crippen LogP contribution < -0.4 is 40.2 Å². The van der Waals surface area contributed by atoms with Gasteiger partial charge in [-0.05, 0) is 83.5 Å². The van der Waals surface area contributed by atoms with Crippen LogP contribution in [0.2, 0.25) is 0 Å². The predicted octanol–water partition coefficient (Wildman–Crippen LogP) is 6.74. The van der Waals surface area contributed by atoms with Gasteiger partial charge in [0.25, 0.3) is 0 Å². The molecule has 0 bridgehead atoms. The maximum atomic E-state index is 12.4. The molecule has 6 rings (SSSR count). The molecule has 2 aliphatic rings. The number of para-hydroxylation sites is 4. The van der Waals surface area contributed by atoms with Gasteiger partial charge in [-0.1, -0.05) is 92.1 Å². The molecule has 2 atom stereocenters. The van der Waals surface area contributed by atoms with E-state index in [0.717, 1.165) is 88.6 Å². The van der Waals surface area contributed by atoms with E-state index in [1.807, 2.05) is 48.5 Å². The van der Waals surface area contributed by atoms with Gasteiger partial charge in [-0.15, -0.1) is 0 Å². The van der Waals surface area contributed by atoms with Crippen molar-refractivity contribution in [3.63, 3.8) is 0 Å². The Morgan fingerprint density at radius 1 is 0.510 bits per heavy atom. The summed E-state index contributed by atoms with van der Waals surface area (Å²) in [5.41, 5.74) is -0.903. The summed E-state index contributed by atoms with van der Waals surface area (Å²) in [6.07, 6.45) is 6.47. The predicted molar refractivity (Wildman–Crippen MR) is 203 cm³/mol. The van der Waals surface area contributed by atoms with Gasteiger partial charge in [0.15, 0.2) is 0 Å². The minimum absolute atomic E-state index is 0.442. The number of rotatable bonds is 12. The van der Waals surface area contributed by atoms with Crippen molar-refractivity contribution in [1.82, 2.24) is 0 Å². The lowest BCUT2D eigenvalue weighted by atomic mass is 9.56. The highest BCUT2D eigenvalue weighted by Gasteiger charge is 2.55. The molecule has 2 fully saturated rings. The lowest BCUT2D eigenvalue weighted by molar-refractivity contribution is -0.148. The average molecular weight is 701 g/mol. The first-order chi connectivity index (χ1) is 23.9. The maximum absolute atomic E-state index is 12.4. The van der Waals surface area contributed by atoms with Gasteiger partial charge in [0.05, 0.1) is 40.6 Å². The molecule has 4 aromatic rings. The highest BCUT2D eigenvalue weighted by molar-refractivity contribution is 7.74. The molecule has 6 nitrogen and oxygen atoms in total. The molecular formula is C41H50O6P2. The van der Waals surface area contributed by atoms with Gasteiger partial charge in [0.2, 0.25) is 0 Å². The fourth-order valence-corrected chi connectivity index (χ4v) is 14.6. The molecule has 0 amide bonds.